The van der Waals surface area contributed by atoms with Crippen LogP contribution in [0.25, 0.3) is 0 Å². The maximum Gasteiger partial charge on any atom is 0.307 e. The van der Waals surface area contributed by atoms with Crippen LogP contribution in [0, 0.1) is 23.0 Å². The standard InChI is InChI=1S/C13H16F2O2/c1-13(2,3)9(12(16)17)7-8-5-4-6-10(14)11(8)15/h4-6,9H,7H2,1-3H3,(H,16,17). The van der Waals surface area contributed by atoms with Gasteiger partial charge in [-0.3, -0.25) is 4.79 Å². The molecule has 0 amide bonds. The van der Waals surface area contributed by atoms with Crippen LogP contribution in [0.4, 0.5) is 8.78 Å². The third-order valence-electron chi connectivity index (χ3n) is 2.80. The maximum absolute atomic E-state index is 13.4. The first-order valence-corrected chi connectivity index (χ1v) is 5.39. The Labute approximate surface area is 99.3 Å². The molecule has 94 valence electrons. The summed E-state index contributed by atoms with van der Waals surface area (Å²) < 4.78 is 26.5. The van der Waals surface area contributed by atoms with Crippen LogP contribution in [-0.2, 0) is 11.2 Å². The third kappa shape index (κ3) is 3.25. The maximum atomic E-state index is 13.4. The second-order valence-electron chi connectivity index (χ2n) is 5.17. The smallest absolute Gasteiger partial charge is 0.307 e. The van der Waals surface area contributed by atoms with E-state index in [0.717, 1.165) is 6.07 Å². The number of benzene rings is 1. The molecular formula is C13H16F2O2. The van der Waals surface area contributed by atoms with Gasteiger partial charge < -0.3 is 5.11 Å². The molecule has 1 atom stereocenters. The number of hydrogen-bond donors (Lipinski definition) is 1. The Morgan fingerprint density at radius 1 is 1.35 bits per heavy atom. The van der Waals surface area contributed by atoms with E-state index in [-0.39, 0.29) is 12.0 Å². The summed E-state index contributed by atoms with van der Waals surface area (Å²) in [5.74, 6) is -3.65. The lowest BCUT2D eigenvalue weighted by molar-refractivity contribution is -0.145. The molecule has 0 aliphatic heterocycles. The molecule has 0 fully saturated rings. The average molecular weight is 242 g/mol. The van der Waals surface area contributed by atoms with E-state index in [4.69, 9.17) is 5.11 Å². The summed E-state index contributed by atoms with van der Waals surface area (Å²) in [5.41, 5.74) is -0.405. The van der Waals surface area contributed by atoms with E-state index in [1.165, 1.54) is 12.1 Å². The molecule has 1 rings (SSSR count). The summed E-state index contributed by atoms with van der Waals surface area (Å²) in [6.07, 6.45) is -0.0115. The van der Waals surface area contributed by atoms with Gasteiger partial charge in [-0.2, -0.15) is 0 Å². The molecule has 1 aromatic carbocycles. The van der Waals surface area contributed by atoms with Gasteiger partial charge in [0.2, 0.25) is 0 Å². The first kappa shape index (κ1) is 13.6. The molecule has 2 nitrogen and oxygen atoms in total. The van der Waals surface area contributed by atoms with E-state index in [2.05, 4.69) is 0 Å². The highest BCUT2D eigenvalue weighted by atomic mass is 19.2. The molecule has 0 bridgehead atoms. The Morgan fingerprint density at radius 2 is 1.94 bits per heavy atom. The van der Waals surface area contributed by atoms with Crippen LogP contribution in [-0.4, -0.2) is 11.1 Å². The summed E-state index contributed by atoms with van der Waals surface area (Å²) in [7, 11) is 0. The molecule has 1 unspecified atom stereocenters. The summed E-state index contributed by atoms with van der Waals surface area (Å²) in [4.78, 5) is 11.1. The third-order valence-corrected chi connectivity index (χ3v) is 2.80. The minimum atomic E-state index is -0.999. The zero-order valence-electron chi connectivity index (χ0n) is 10.1. The summed E-state index contributed by atoms with van der Waals surface area (Å²) in [6, 6.07) is 3.82. The fourth-order valence-electron chi connectivity index (χ4n) is 1.69. The second-order valence-corrected chi connectivity index (χ2v) is 5.17. The van der Waals surface area contributed by atoms with E-state index in [1.807, 2.05) is 0 Å². The van der Waals surface area contributed by atoms with Gasteiger partial charge in [0, 0.05) is 0 Å². The number of halogens is 2. The number of carboxylic acids is 1. The molecule has 0 aliphatic rings. The zero-order valence-corrected chi connectivity index (χ0v) is 10.1. The summed E-state index contributed by atoms with van der Waals surface area (Å²) in [6.45, 7) is 5.30. The Bertz CT molecular complexity index is 422. The van der Waals surface area contributed by atoms with Crippen molar-refractivity contribution in [3.8, 4) is 0 Å². The van der Waals surface area contributed by atoms with Crippen molar-refractivity contribution >= 4 is 5.97 Å². The molecule has 0 radical (unpaired) electrons. The van der Waals surface area contributed by atoms with E-state index < -0.39 is 28.9 Å². The topological polar surface area (TPSA) is 37.3 Å². The van der Waals surface area contributed by atoms with Gasteiger partial charge in [-0.05, 0) is 23.5 Å². The van der Waals surface area contributed by atoms with Crippen molar-refractivity contribution in [3.63, 3.8) is 0 Å². The normalized spacial score (nSPS) is 13.5. The zero-order chi connectivity index (χ0) is 13.2. The fourth-order valence-corrected chi connectivity index (χ4v) is 1.69. The van der Waals surface area contributed by atoms with Crippen molar-refractivity contribution in [1.29, 1.82) is 0 Å². The molecule has 0 aromatic heterocycles. The fraction of sp³-hybridized carbons (Fsp3) is 0.462. The number of aliphatic carboxylic acids is 1. The van der Waals surface area contributed by atoms with Gasteiger partial charge in [-0.25, -0.2) is 8.78 Å². The Morgan fingerprint density at radius 3 is 2.41 bits per heavy atom. The van der Waals surface area contributed by atoms with Crippen molar-refractivity contribution in [2.24, 2.45) is 11.3 Å². The first-order chi connectivity index (χ1) is 7.73. The van der Waals surface area contributed by atoms with Gasteiger partial charge in [0.15, 0.2) is 11.6 Å². The van der Waals surface area contributed by atoms with Gasteiger partial charge in [0.05, 0.1) is 5.92 Å². The van der Waals surface area contributed by atoms with Crippen LogP contribution in [0.3, 0.4) is 0 Å². The quantitative estimate of drug-likeness (QED) is 0.883. The Hall–Kier alpha value is -1.45. The summed E-state index contributed by atoms with van der Waals surface area (Å²) in [5, 5.41) is 9.11. The Kier molecular flexibility index (Phi) is 3.86. The Balaban J connectivity index is 3.03. The van der Waals surface area contributed by atoms with E-state index >= 15 is 0 Å². The van der Waals surface area contributed by atoms with Crippen LogP contribution in [0.5, 0.6) is 0 Å². The first-order valence-electron chi connectivity index (χ1n) is 5.39. The minimum Gasteiger partial charge on any atom is -0.481 e. The highest BCUT2D eigenvalue weighted by Gasteiger charge is 2.32. The molecule has 0 heterocycles. The largest absolute Gasteiger partial charge is 0.481 e. The SMILES string of the molecule is CC(C)(C)C(Cc1cccc(F)c1F)C(=O)O. The average Bonchev–Trinajstić information content (AvgIpc) is 2.17. The summed E-state index contributed by atoms with van der Waals surface area (Å²) >= 11 is 0. The van der Waals surface area contributed by atoms with Crippen molar-refractivity contribution in [3.05, 3.63) is 35.4 Å². The van der Waals surface area contributed by atoms with Crippen LogP contribution in [0.2, 0.25) is 0 Å². The number of hydrogen-bond acceptors (Lipinski definition) is 1. The number of rotatable bonds is 3. The number of carboxylic acid groups (broad SMARTS) is 1. The molecule has 0 spiro atoms. The molecule has 1 aromatic rings. The van der Waals surface area contributed by atoms with Gasteiger partial charge in [-0.15, -0.1) is 0 Å². The van der Waals surface area contributed by atoms with Crippen LogP contribution in [0.1, 0.15) is 26.3 Å². The molecule has 1 N–H and O–H groups in total. The molecule has 4 heteroatoms. The number of carbonyl (C=O) groups is 1. The van der Waals surface area contributed by atoms with Gasteiger partial charge in [0.25, 0.3) is 0 Å². The van der Waals surface area contributed by atoms with Crippen molar-refractivity contribution in [2.45, 2.75) is 27.2 Å². The highest BCUT2D eigenvalue weighted by Crippen LogP contribution is 2.30. The van der Waals surface area contributed by atoms with E-state index in [9.17, 15) is 13.6 Å². The lowest BCUT2D eigenvalue weighted by Gasteiger charge is -2.27. The monoisotopic (exact) mass is 242 g/mol. The van der Waals surface area contributed by atoms with Gasteiger partial charge in [0.1, 0.15) is 0 Å². The van der Waals surface area contributed by atoms with Crippen molar-refractivity contribution in [2.75, 3.05) is 0 Å². The lowest BCUT2D eigenvalue weighted by atomic mass is 9.77. The van der Waals surface area contributed by atoms with Crippen molar-refractivity contribution in [1.82, 2.24) is 0 Å². The minimum absolute atomic E-state index is 0.0115. The van der Waals surface area contributed by atoms with Crippen LogP contribution in [0.15, 0.2) is 18.2 Å². The van der Waals surface area contributed by atoms with Crippen LogP contribution >= 0.6 is 0 Å². The van der Waals surface area contributed by atoms with Crippen molar-refractivity contribution < 1.29 is 18.7 Å². The van der Waals surface area contributed by atoms with E-state index in [1.54, 1.807) is 20.8 Å². The van der Waals surface area contributed by atoms with Crippen LogP contribution < -0.4 is 0 Å². The predicted molar refractivity (Wildman–Crippen MR) is 60.6 cm³/mol. The molecule has 0 saturated carbocycles. The van der Waals surface area contributed by atoms with Gasteiger partial charge >= 0.3 is 5.97 Å². The predicted octanol–water partition coefficient (Wildman–Crippen LogP) is 3.25. The molecule has 17 heavy (non-hydrogen) atoms. The van der Waals surface area contributed by atoms with Gasteiger partial charge in [-0.1, -0.05) is 32.9 Å². The molecule has 0 aliphatic carbocycles. The molecule has 0 saturated heterocycles. The second kappa shape index (κ2) is 4.82. The lowest BCUT2D eigenvalue weighted by Crippen LogP contribution is -2.30. The molecular weight excluding hydrogens is 226 g/mol. The highest BCUT2D eigenvalue weighted by molar-refractivity contribution is 5.71. The van der Waals surface area contributed by atoms with E-state index in [0.29, 0.717) is 0 Å².